The molecule has 0 aliphatic heterocycles. The summed E-state index contributed by atoms with van der Waals surface area (Å²) in [4.78, 5) is 16.0. The lowest BCUT2D eigenvalue weighted by molar-refractivity contribution is -0.121. The van der Waals surface area contributed by atoms with Crippen LogP contribution in [0.4, 0.5) is 0 Å². The Kier molecular flexibility index (Phi) is 7.44. The number of carbonyl (C=O) groups is 1. The van der Waals surface area contributed by atoms with Gasteiger partial charge in [0, 0.05) is 13.5 Å². The fourth-order valence-electron chi connectivity index (χ4n) is 1.84. The van der Waals surface area contributed by atoms with Gasteiger partial charge >= 0.3 is 0 Å². The van der Waals surface area contributed by atoms with E-state index in [1.165, 1.54) is 0 Å². The number of amides is 1. The smallest absolute Gasteiger partial charge is 0.239 e. The lowest BCUT2D eigenvalue weighted by Gasteiger charge is -2.07. The van der Waals surface area contributed by atoms with E-state index in [1.54, 1.807) is 7.05 Å². The van der Waals surface area contributed by atoms with Gasteiger partial charge in [-0.15, -0.1) is 24.8 Å². The van der Waals surface area contributed by atoms with Gasteiger partial charge in [0.25, 0.3) is 0 Å². The molecule has 0 aliphatic carbocycles. The second-order valence-electron chi connectivity index (χ2n) is 3.81. The molecule has 0 unspecified atom stereocenters. The molecule has 0 radical (unpaired) electrons. The first kappa shape index (κ1) is 17.7. The zero-order chi connectivity index (χ0) is 12.3. The molecule has 3 N–H and O–H groups in total. The van der Waals surface area contributed by atoms with Crippen molar-refractivity contribution >= 4 is 41.8 Å². The van der Waals surface area contributed by atoms with E-state index in [0.717, 1.165) is 16.9 Å². The van der Waals surface area contributed by atoms with E-state index in [9.17, 15) is 4.79 Å². The molecule has 1 heterocycles. The quantitative estimate of drug-likeness (QED) is 0.889. The topological polar surface area (TPSA) is 72.9 Å². The van der Waals surface area contributed by atoms with Gasteiger partial charge in [-0.3, -0.25) is 4.79 Å². The van der Waals surface area contributed by atoms with Crippen LogP contribution in [0.5, 0.6) is 0 Å². The van der Waals surface area contributed by atoms with Crippen molar-refractivity contribution in [2.75, 3.05) is 13.6 Å². The van der Waals surface area contributed by atoms with Gasteiger partial charge in [-0.25, -0.2) is 4.98 Å². The summed E-state index contributed by atoms with van der Waals surface area (Å²) in [5.74, 6) is 0.823. The Labute approximate surface area is 124 Å². The highest BCUT2D eigenvalue weighted by Crippen LogP contribution is 2.16. The van der Waals surface area contributed by atoms with Gasteiger partial charge in [0.2, 0.25) is 5.91 Å². The Morgan fingerprint density at radius 1 is 1.37 bits per heavy atom. The Bertz CT molecular complexity index is 542. The van der Waals surface area contributed by atoms with Crippen LogP contribution in [-0.4, -0.2) is 29.1 Å². The number of carbonyl (C=O) groups excluding carboxylic acids is 1. The van der Waals surface area contributed by atoms with E-state index in [2.05, 4.69) is 10.3 Å². The van der Waals surface area contributed by atoms with Gasteiger partial charge in [0.1, 0.15) is 12.4 Å². The molecule has 1 aromatic heterocycles. The highest BCUT2D eigenvalue weighted by Gasteiger charge is 2.11. The van der Waals surface area contributed by atoms with Crippen molar-refractivity contribution < 1.29 is 4.79 Å². The summed E-state index contributed by atoms with van der Waals surface area (Å²) in [6, 6.07) is 7.78. The Morgan fingerprint density at radius 3 is 2.68 bits per heavy atom. The fourth-order valence-corrected chi connectivity index (χ4v) is 1.84. The number of nitrogens with zero attached hydrogens (tertiary/aromatic N) is 2. The molecule has 0 spiro atoms. The number of halogens is 2. The van der Waals surface area contributed by atoms with Gasteiger partial charge in [-0.2, -0.15) is 0 Å². The summed E-state index contributed by atoms with van der Waals surface area (Å²) in [6.45, 7) is 0.809. The van der Waals surface area contributed by atoms with Gasteiger partial charge in [0.05, 0.1) is 11.0 Å². The number of aromatic nitrogens is 2. The molecule has 0 saturated heterocycles. The third-order valence-corrected chi connectivity index (χ3v) is 2.68. The zero-order valence-corrected chi connectivity index (χ0v) is 12.3. The van der Waals surface area contributed by atoms with Crippen molar-refractivity contribution in [2.24, 2.45) is 5.73 Å². The van der Waals surface area contributed by atoms with Crippen molar-refractivity contribution in [3.8, 4) is 0 Å². The molecular weight excluding hydrogens is 287 g/mol. The van der Waals surface area contributed by atoms with Crippen LogP contribution in [0.3, 0.4) is 0 Å². The van der Waals surface area contributed by atoms with Crippen molar-refractivity contribution in [3.05, 3.63) is 30.1 Å². The zero-order valence-electron chi connectivity index (χ0n) is 10.6. The second kappa shape index (κ2) is 7.99. The van der Waals surface area contributed by atoms with E-state index in [1.807, 2.05) is 28.8 Å². The third-order valence-electron chi connectivity index (χ3n) is 2.68. The van der Waals surface area contributed by atoms with E-state index in [0.29, 0.717) is 13.0 Å². The van der Waals surface area contributed by atoms with Gasteiger partial charge in [-0.1, -0.05) is 12.1 Å². The minimum Gasteiger partial charge on any atom is -0.358 e. The molecule has 0 bridgehead atoms. The standard InChI is InChI=1S/C12H16N4O.2ClH/c1-14-12(17)8-16-10-5-3-2-4-9(10)15-11(16)6-7-13;;/h2-5H,6-8,13H2,1H3,(H,14,17);2*1H. The molecule has 5 nitrogen and oxygen atoms in total. The Morgan fingerprint density at radius 2 is 2.05 bits per heavy atom. The molecule has 1 amide bonds. The lowest BCUT2D eigenvalue weighted by atomic mass is 10.3. The number of benzene rings is 1. The maximum absolute atomic E-state index is 11.5. The number of hydrogen-bond acceptors (Lipinski definition) is 3. The van der Waals surface area contributed by atoms with Gasteiger partial charge in [0.15, 0.2) is 0 Å². The van der Waals surface area contributed by atoms with E-state index < -0.39 is 0 Å². The van der Waals surface area contributed by atoms with Crippen LogP contribution in [0.1, 0.15) is 5.82 Å². The summed E-state index contributed by atoms with van der Waals surface area (Å²) in [5.41, 5.74) is 7.44. The second-order valence-corrected chi connectivity index (χ2v) is 3.81. The minimum absolute atomic E-state index is 0. The normalized spacial score (nSPS) is 9.58. The molecule has 0 fully saturated rings. The number of nitrogens with two attached hydrogens (primary N) is 1. The molecule has 0 aliphatic rings. The van der Waals surface area contributed by atoms with E-state index >= 15 is 0 Å². The van der Waals surface area contributed by atoms with Crippen molar-refractivity contribution in [1.29, 1.82) is 0 Å². The number of nitrogens with one attached hydrogen (secondary N) is 1. The average molecular weight is 305 g/mol. The summed E-state index contributed by atoms with van der Waals surface area (Å²) < 4.78 is 1.92. The summed E-state index contributed by atoms with van der Waals surface area (Å²) in [6.07, 6.45) is 0.672. The summed E-state index contributed by atoms with van der Waals surface area (Å²) in [7, 11) is 1.63. The minimum atomic E-state index is -0.0357. The highest BCUT2D eigenvalue weighted by atomic mass is 35.5. The van der Waals surface area contributed by atoms with Gasteiger partial charge < -0.3 is 15.6 Å². The summed E-state index contributed by atoms with van der Waals surface area (Å²) >= 11 is 0. The van der Waals surface area contributed by atoms with Crippen LogP contribution in [-0.2, 0) is 17.8 Å². The third kappa shape index (κ3) is 3.83. The van der Waals surface area contributed by atoms with Crippen molar-refractivity contribution in [2.45, 2.75) is 13.0 Å². The van der Waals surface area contributed by atoms with Crippen LogP contribution >= 0.6 is 24.8 Å². The van der Waals surface area contributed by atoms with E-state index in [4.69, 9.17) is 5.73 Å². The number of rotatable bonds is 4. The average Bonchev–Trinajstić information content (AvgIpc) is 2.68. The number of para-hydroxylation sites is 2. The molecule has 7 heteroatoms. The van der Waals surface area contributed by atoms with Crippen molar-refractivity contribution in [3.63, 3.8) is 0 Å². The molecule has 106 valence electrons. The fraction of sp³-hybridized carbons (Fsp3) is 0.333. The van der Waals surface area contributed by atoms with Crippen LogP contribution in [0.15, 0.2) is 24.3 Å². The SMILES string of the molecule is CNC(=O)Cn1c(CCN)nc2ccccc21.Cl.Cl. The molecule has 0 saturated carbocycles. The highest BCUT2D eigenvalue weighted by molar-refractivity contribution is 5.85. The van der Waals surface area contributed by atoms with Crippen LogP contribution in [0, 0.1) is 0 Å². The monoisotopic (exact) mass is 304 g/mol. The molecule has 2 aromatic rings. The predicted octanol–water partition coefficient (Wildman–Crippen LogP) is 1.13. The van der Waals surface area contributed by atoms with E-state index in [-0.39, 0.29) is 37.3 Å². The van der Waals surface area contributed by atoms with Crippen molar-refractivity contribution in [1.82, 2.24) is 14.9 Å². The van der Waals surface area contributed by atoms with Crippen LogP contribution in [0.2, 0.25) is 0 Å². The Balaban J connectivity index is 0.00000162. The Hall–Kier alpha value is -1.30. The lowest BCUT2D eigenvalue weighted by Crippen LogP contribution is -2.25. The number of fused-ring (bicyclic) bond motifs is 1. The molecular formula is C12H18Cl2N4O. The summed E-state index contributed by atoms with van der Waals surface area (Å²) in [5, 5.41) is 2.62. The first-order valence-electron chi connectivity index (χ1n) is 5.61. The molecule has 1 aromatic carbocycles. The largest absolute Gasteiger partial charge is 0.358 e. The number of hydrogen-bond donors (Lipinski definition) is 2. The maximum Gasteiger partial charge on any atom is 0.239 e. The number of imidazole rings is 1. The molecule has 0 atom stereocenters. The first-order valence-corrected chi connectivity index (χ1v) is 5.61. The van der Waals surface area contributed by atoms with Gasteiger partial charge in [-0.05, 0) is 18.7 Å². The molecule has 2 rings (SSSR count). The predicted molar refractivity (Wildman–Crippen MR) is 81.1 cm³/mol. The maximum atomic E-state index is 11.5. The molecule has 19 heavy (non-hydrogen) atoms. The number of likely N-dealkylation sites (N-methyl/N-ethyl adjacent to an activating group) is 1. The van der Waals surface area contributed by atoms with Crippen LogP contribution < -0.4 is 11.1 Å². The first-order chi connectivity index (χ1) is 8.26. The van der Waals surface area contributed by atoms with Crippen LogP contribution in [0.25, 0.3) is 11.0 Å².